The minimum atomic E-state index is 0. The Morgan fingerprint density at radius 2 is 1.67 bits per heavy atom. The average molecular weight is 287 g/mol. The first-order valence-electron chi connectivity index (χ1n) is 6.96. The van der Waals surface area contributed by atoms with E-state index in [0.717, 1.165) is 26.1 Å². The fraction of sp³-hybridized carbons (Fsp3) is 0.929. The van der Waals surface area contributed by atoms with E-state index in [4.69, 9.17) is 9.47 Å². The van der Waals surface area contributed by atoms with Crippen LogP contribution in [0.3, 0.4) is 0 Å². The van der Waals surface area contributed by atoms with Gasteiger partial charge in [-0.1, -0.05) is 32.1 Å². The van der Waals surface area contributed by atoms with Crippen molar-refractivity contribution in [1.82, 2.24) is 0 Å². The molecule has 0 aromatic heterocycles. The second-order valence-electron chi connectivity index (χ2n) is 4.64. The van der Waals surface area contributed by atoms with Gasteiger partial charge in [-0.25, -0.2) is 0 Å². The minimum Gasteiger partial charge on any atom is -1.00 e. The van der Waals surface area contributed by atoms with Crippen LogP contribution in [-0.4, -0.2) is 42.6 Å². The number of ether oxygens (including phenoxy) is 2. The smallest absolute Gasteiger partial charge is 1.00 e. The first kappa shape index (κ1) is 21.3. The van der Waals surface area contributed by atoms with Crippen molar-refractivity contribution in [1.29, 1.82) is 0 Å². The van der Waals surface area contributed by atoms with Gasteiger partial charge in [0.05, 0.1) is 0 Å². The third kappa shape index (κ3) is 12.0. The van der Waals surface area contributed by atoms with E-state index < -0.39 is 0 Å². The maximum Gasteiger partial charge on any atom is 2.00 e. The summed E-state index contributed by atoms with van der Waals surface area (Å²) in [6.45, 7) is 5.61. The van der Waals surface area contributed by atoms with Crippen molar-refractivity contribution in [3.05, 3.63) is 6.92 Å². The van der Waals surface area contributed by atoms with Crippen molar-refractivity contribution in [3.63, 3.8) is 0 Å². The van der Waals surface area contributed by atoms with E-state index in [1.165, 1.54) is 51.4 Å². The molecule has 0 radical (unpaired) electrons. The average Bonchev–Trinajstić information content (AvgIpc) is 2.34. The quantitative estimate of drug-likeness (QED) is 0.353. The Labute approximate surface area is 135 Å². The van der Waals surface area contributed by atoms with Crippen molar-refractivity contribution >= 4 is 23.1 Å². The molecule has 1 saturated heterocycles. The summed E-state index contributed by atoms with van der Waals surface area (Å²) in [5, 5.41) is 0. The molecule has 1 atom stereocenters. The second-order valence-corrected chi connectivity index (χ2v) is 4.64. The molecule has 1 aliphatic heterocycles. The fourth-order valence-corrected chi connectivity index (χ4v) is 2.04. The molecule has 0 aromatic rings. The van der Waals surface area contributed by atoms with Crippen LogP contribution in [0, 0.1) is 6.92 Å². The van der Waals surface area contributed by atoms with Crippen molar-refractivity contribution in [2.24, 2.45) is 0 Å². The molecular formula is C14H27ClMgO2. The molecule has 4 heteroatoms. The van der Waals surface area contributed by atoms with Gasteiger partial charge in [-0.15, -0.1) is 0 Å². The van der Waals surface area contributed by atoms with Crippen LogP contribution in [0.5, 0.6) is 0 Å². The van der Waals surface area contributed by atoms with E-state index in [9.17, 15) is 0 Å². The van der Waals surface area contributed by atoms with Crippen molar-refractivity contribution in [2.75, 3.05) is 13.2 Å². The van der Waals surface area contributed by atoms with Crippen molar-refractivity contribution < 1.29 is 21.9 Å². The molecule has 1 fully saturated rings. The molecule has 104 valence electrons. The Morgan fingerprint density at radius 3 is 2.28 bits per heavy atom. The first-order valence-corrected chi connectivity index (χ1v) is 6.96. The molecule has 2 nitrogen and oxygen atoms in total. The van der Waals surface area contributed by atoms with E-state index in [2.05, 4.69) is 6.92 Å². The topological polar surface area (TPSA) is 18.5 Å². The molecule has 1 aliphatic rings. The zero-order valence-electron chi connectivity index (χ0n) is 11.7. The maximum atomic E-state index is 5.68. The van der Waals surface area contributed by atoms with E-state index >= 15 is 0 Å². The summed E-state index contributed by atoms with van der Waals surface area (Å²) in [5.41, 5.74) is 0. The number of halogens is 1. The van der Waals surface area contributed by atoms with Gasteiger partial charge in [-0.3, -0.25) is 0 Å². The Hall–Kier alpha value is 0.976. The molecule has 0 aromatic carbocycles. The molecular weight excluding hydrogens is 260 g/mol. The zero-order valence-corrected chi connectivity index (χ0v) is 13.8. The molecule has 0 aliphatic carbocycles. The van der Waals surface area contributed by atoms with E-state index in [1.54, 1.807) is 0 Å². The summed E-state index contributed by atoms with van der Waals surface area (Å²) in [5.74, 6) is 0. The van der Waals surface area contributed by atoms with E-state index in [0.29, 0.717) is 0 Å². The van der Waals surface area contributed by atoms with Gasteiger partial charge in [0, 0.05) is 13.2 Å². The number of unbranched alkanes of at least 4 members (excludes halogenated alkanes) is 6. The molecule has 0 bridgehead atoms. The van der Waals surface area contributed by atoms with Crippen LogP contribution in [0.1, 0.15) is 64.2 Å². The van der Waals surface area contributed by atoms with Crippen molar-refractivity contribution in [3.8, 4) is 0 Å². The van der Waals surface area contributed by atoms with Gasteiger partial charge in [0.2, 0.25) is 0 Å². The predicted octanol–water partition coefficient (Wildman–Crippen LogP) is 0.718. The maximum absolute atomic E-state index is 5.68. The fourth-order valence-electron chi connectivity index (χ4n) is 2.04. The molecule has 1 heterocycles. The number of hydrogen-bond donors (Lipinski definition) is 0. The SMILES string of the molecule is [CH2-]CCCCCCCCOC1CCCCO1.[Cl-].[Mg+2]. The van der Waals surface area contributed by atoms with Crippen LogP contribution in [-0.2, 0) is 9.47 Å². The van der Waals surface area contributed by atoms with E-state index in [1.807, 2.05) is 0 Å². The van der Waals surface area contributed by atoms with Crippen LogP contribution in [0.25, 0.3) is 0 Å². The monoisotopic (exact) mass is 286 g/mol. The van der Waals surface area contributed by atoms with Crippen LogP contribution in [0.2, 0.25) is 0 Å². The van der Waals surface area contributed by atoms with Crippen LogP contribution < -0.4 is 12.4 Å². The van der Waals surface area contributed by atoms with Gasteiger partial charge in [0.1, 0.15) is 0 Å². The molecule has 18 heavy (non-hydrogen) atoms. The Bertz CT molecular complexity index is 153. The normalized spacial score (nSPS) is 18.8. The summed E-state index contributed by atoms with van der Waals surface area (Å²) in [6.07, 6.45) is 12.5. The van der Waals surface area contributed by atoms with Gasteiger partial charge < -0.3 is 28.8 Å². The summed E-state index contributed by atoms with van der Waals surface area (Å²) >= 11 is 0. The second kappa shape index (κ2) is 16.0. The molecule has 1 rings (SSSR count). The summed E-state index contributed by atoms with van der Waals surface area (Å²) in [6, 6.07) is 0. The van der Waals surface area contributed by atoms with Gasteiger partial charge in [-0.2, -0.15) is 6.42 Å². The largest absolute Gasteiger partial charge is 2.00 e. The molecule has 1 unspecified atom stereocenters. The van der Waals surface area contributed by atoms with Gasteiger partial charge >= 0.3 is 23.1 Å². The summed E-state index contributed by atoms with van der Waals surface area (Å²) < 4.78 is 11.2. The third-order valence-corrected chi connectivity index (χ3v) is 3.09. The predicted molar refractivity (Wildman–Crippen MR) is 73.0 cm³/mol. The Balaban J connectivity index is 0. The standard InChI is InChI=1S/C14H27O2.ClH.Mg/c1-2-3-4-5-6-7-9-12-15-14-11-8-10-13-16-14;;/h14H,1-13H2;1H;/q-1;;+2/p-1. The van der Waals surface area contributed by atoms with Crippen LogP contribution >= 0.6 is 0 Å². The molecule has 0 spiro atoms. The minimum absolute atomic E-state index is 0. The molecule has 0 saturated carbocycles. The Kier molecular flexibility index (Phi) is 19.0. The van der Waals surface area contributed by atoms with Gasteiger partial charge in [0.15, 0.2) is 6.29 Å². The first-order chi connectivity index (χ1) is 7.93. The van der Waals surface area contributed by atoms with Crippen LogP contribution in [0.4, 0.5) is 0 Å². The molecule has 0 N–H and O–H groups in total. The number of rotatable bonds is 9. The van der Waals surface area contributed by atoms with Crippen LogP contribution in [0.15, 0.2) is 0 Å². The Morgan fingerprint density at radius 1 is 1.00 bits per heavy atom. The summed E-state index contributed by atoms with van der Waals surface area (Å²) in [4.78, 5) is 0. The zero-order chi connectivity index (χ0) is 11.5. The van der Waals surface area contributed by atoms with E-state index in [-0.39, 0.29) is 41.7 Å². The third-order valence-electron chi connectivity index (χ3n) is 3.09. The number of hydrogen-bond acceptors (Lipinski definition) is 2. The molecule has 0 amide bonds. The van der Waals surface area contributed by atoms with Crippen molar-refractivity contribution in [2.45, 2.75) is 70.5 Å². The summed E-state index contributed by atoms with van der Waals surface area (Å²) in [7, 11) is 0. The van der Waals surface area contributed by atoms with Gasteiger partial charge in [0.25, 0.3) is 0 Å². The van der Waals surface area contributed by atoms with Gasteiger partial charge in [-0.05, 0) is 25.7 Å².